The minimum atomic E-state index is -0.925. The van der Waals surface area contributed by atoms with Gasteiger partial charge in [-0.25, -0.2) is 9.48 Å². The van der Waals surface area contributed by atoms with Gasteiger partial charge in [0, 0.05) is 12.7 Å². The Morgan fingerprint density at radius 2 is 2.05 bits per heavy atom. The molecule has 1 atom stereocenters. The maximum Gasteiger partial charge on any atom is 0.326 e. The number of carboxylic acid groups (broad SMARTS) is 1. The van der Waals surface area contributed by atoms with E-state index < -0.39 is 12.0 Å². The zero-order valence-corrected chi connectivity index (χ0v) is 12.1. The Kier molecular flexibility index (Phi) is 3.91. The maximum absolute atomic E-state index is 12.3. The van der Waals surface area contributed by atoms with E-state index in [1.54, 1.807) is 17.1 Å². The van der Waals surface area contributed by atoms with Gasteiger partial charge in [0.25, 0.3) is 0 Å². The van der Waals surface area contributed by atoms with Crippen LogP contribution in [-0.2, 0) is 16.0 Å². The molecule has 1 aliphatic heterocycles. The Hall–Kier alpha value is -2.63. The molecule has 2 aromatic rings. The number of hydrogen-bond donors (Lipinski definition) is 1. The average molecular weight is 299 g/mol. The van der Waals surface area contributed by atoms with Crippen molar-refractivity contribution in [3.05, 3.63) is 48.3 Å². The number of rotatable bonds is 4. The summed E-state index contributed by atoms with van der Waals surface area (Å²) in [4.78, 5) is 24.9. The van der Waals surface area contributed by atoms with Gasteiger partial charge in [-0.05, 0) is 30.5 Å². The summed E-state index contributed by atoms with van der Waals surface area (Å²) in [5, 5.41) is 13.4. The lowest BCUT2D eigenvalue weighted by Gasteiger charge is -2.20. The molecule has 1 N–H and O–H groups in total. The summed E-state index contributed by atoms with van der Waals surface area (Å²) in [7, 11) is 0. The predicted octanol–water partition coefficient (Wildman–Crippen LogP) is 1.49. The zero-order valence-electron chi connectivity index (χ0n) is 12.1. The Morgan fingerprint density at radius 1 is 1.27 bits per heavy atom. The van der Waals surface area contributed by atoms with E-state index in [-0.39, 0.29) is 12.3 Å². The van der Waals surface area contributed by atoms with E-state index in [9.17, 15) is 9.59 Å². The summed E-state index contributed by atoms with van der Waals surface area (Å²) in [5.41, 5.74) is 1.70. The SMILES string of the molecule is O=C(O)C1CCCN1C(=O)Cc1cnn(-c2ccccc2)c1. The van der Waals surface area contributed by atoms with E-state index in [2.05, 4.69) is 5.10 Å². The Bertz CT molecular complexity index is 681. The van der Waals surface area contributed by atoms with Crippen LogP contribution in [0.2, 0.25) is 0 Å². The van der Waals surface area contributed by atoms with E-state index in [0.717, 1.165) is 17.7 Å². The van der Waals surface area contributed by atoms with Gasteiger partial charge < -0.3 is 10.0 Å². The third-order valence-electron chi connectivity index (χ3n) is 3.87. The lowest BCUT2D eigenvalue weighted by molar-refractivity contribution is -0.148. The normalized spacial score (nSPS) is 17.6. The highest BCUT2D eigenvalue weighted by molar-refractivity contribution is 5.85. The molecule has 1 unspecified atom stereocenters. The topological polar surface area (TPSA) is 75.4 Å². The lowest BCUT2D eigenvalue weighted by atomic mass is 10.2. The van der Waals surface area contributed by atoms with Gasteiger partial charge in [0.05, 0.1) is 18.3 Å². The number of aliphatic carboxylic acids is 1. The van der Waals surface area contributed by atoms with Gasteiger partial charge in [-0.15, -0.1) is 0 Å². The molecule has 1 amide bonds. The van der Waals surface area contributed by atoms with Gasteiger partial charge in [0.2, 0.25) is 5.91 Å². The van der Waals surface area contributed by atoms with E-state index in [4.69, 9.17) is 5.11 Å². The van der Waals surface area contributed by atoms with Crippen molar-refractivity contribution in [2.24, 2.45) is 0 Å². The second-order valence-corrected chi connectivity index (χ2v) is 5.39. The Balaban J connectivity index is 1.70. The second-order valence-electron chi connectivity index (χ2n) is 5.39. The first-order valence-electron chi connectivity index (χ1n) is 7.26. The van der Waals surface area contributed by atoms with Crippen LogP contribution in [0.5, 0.6) is 0 Å². The van der Waals surface area contributed by atoms with Crippen LogP contribution in [0.1, 0.15) is 18.4 Å². The van der Waals surface area contributed by atoms with E-state index >= 15 is 0 Å². The minimum Gasteiger partial charge on any atom is -0.480 e. The number of carbonyl (C=O) groups excluding carboxylic acids is 1. The molecule has 1 saturated heterocycles. The first-order valence-corrected chi connectivity index (χ1v) is 7.26. The predicted molar refractivity (Wildman–Crippen MR) is 79.6 cm³/mol. The molecule has 6 heteroatoms. The van der Waals surface area contributed by atoms with Crippen molar-refractivity contribution < 1.29 is 14.7 Å². The van der Waals surface area contributed by atoms with Gasteiger partial charge in [-0.1, -0.05) is 18.2 Å². The fourth-order valence-corrected chi connectivity index (χ4v) is 2.77. The molecule has 1 aromatic heterocycles. The number of aromatic nitrogens is 2. The van der Waals surface area contributed by atoms with Gasteiger partial charge in [0.15, 0.2) is 0 Å². The van der Waals surface area contributed by atoms with Crippen molar-refractivity contribution in [3.8, 4) is 5.69 Å². The fraction of sp³-hybridized carbons (Fsp3) is 0.312. The molecule has 114 valence electrons. The summed E-state index contributed by atoms with van der Waals surface area (Å²) in [6.45, 7) is 0.516. The van der Waals surface area contributed by atoms with E-state index in [1.807, 2.05) is 30.3 Å². The number of nitrogens with zero attached hydrogens (tertiary/aromatic N) is 3. The highest BCUT2D eigenvalue weighted by Gasteiger charge is 2.33. The maximum atomic E-state index is 12.3. The molecule has 0 saturated carbocycles. The Labute approximate surface area is 128 Å². The zero-order chi connectivity index (χ0) is 15.5. The van der Waals surface area contributed by atoms with Gasteiger partial charge in [-0.2, -0.15) is 5.10 Å². The molecule has 1 aliphatic rings. The molecule has 1 aromatic carbocycles. The number of likely N-dealkylation sites (tertiary alicyclic amines) is 1. The molecule has 6 nitrogen and oxygen atoms in total. The van der Waals surface area contributed by atoms with Crippen molar-refractivity contribution in [2.75, 3.05) is 6.54 Å². The Morgan fingerprint density at radius 3 is 2.77 bits per heavy atom. The van der Waals surface area contributed by atoms with E-state index in [1.165, 1.54) is 4.90 Å². The quantitative estimate of drug-likeness (QED) is 0.928. The number of hydrogen-bond acceptors (Lipinski definition) is 3. The summed E-state index contributed by atoms with van der Waals surface area (Å²) in [6, 6.07) is 8.94. The summed E-state index contributed by atoms with van der Waals surface area (Å²) >= 11 is 0. The highest BCUT2D eigenvalue weighted by Crippen LogP contribution is 2.19. The van der Waals surface area contributed by atoms with Crippen LogP contribution in [0.15, 0.2) is 42.7 Å². The number of carboxylic acids is 1. The molecule has 1 fully saturated rings. The van der Waals surface area contributed by atoms with Crippen molar-refractivity contribution in [3.63, 3.8) is 0 Å². The number of benzene rings is 1. The van der Waals surface area contributed by atoms with Gasteiger partial charge in [-0.3, -0.25) is 4.79 Å². The first-order chi connectivity index (χ1) is 10.6. The number of para-hydroxylation sites is 1. The fourth-order valence-electron chi connectivity index (χ4n) is 2.77. The van der Waals surface area contributed by atoms with E-state index in [0.29, 0.717) is 13.0 Å². The second kappa shape index (κ2) is 6.01. The molecule has 0 radical (unpaired) electrons. The lowest BCUT2D eigenvalue weighted by Crippen LogP contribution is -2.41. The third kappa shape index (κ3) is 2.86. The van der Waals surface area contributed by atoms with Crippen molar-refractivity contribution in [2.45, 2.75) is 25.3 Å². The highest BCUT2D eigenvalue weighted by atomic mass is 16.4. The van der Waals surface area contributed by atoms with Gasteiger partial charge >= 0.3 is 5.97 Å². The monoisotopic (exact) mass is 299 g/mol. The molecule has 2 heterocycles. The molecular weight excluding hydrogens is 282 g/mol. The first kappa shape index (κ1) is 14.3. The minimum absolute atomic E-state index is 0.155. The largest absolute Gasteiger partial charge is 0.480 e. The van der Waals surface area contributed by atoms with Crippen LogP contribution in [0, 0.1) is 0 Å². The summed E-state index contributed by atoms with van der Waals surface area (Å²) < 4.78 is 1.71. The summed E-state index contributed by atoms with van der Waals surface area (Å²) in [6.07, 6.45) is 4.91. The molecule has 0 bridgehead atoms. The molecular formula is C16H17N3O3. The molecule has 22 heavy (non-hydrogen) atoms. The van der Waals surface area contributed by atoms with Crippen molar-refractivity contribution >= 4 is 11.9 Å². The average Bonchev–Trinajstić information content (AvgIpc) is 3.17. The van der Waals surface area contributed by atoms with Crippen molar-refractivity contribution in [1.29, 1.82) is 0 Å². The number of amides is 1. The standard InChI is InChI=1S/C16H17N3O3/c20-15(18-8-4-7-14(18)16(21)22)9-12-10-17-19(11-12)13-5-2-1-3-6-13/h1-3,5-6,10-11,14H,4,7-9H2,(H,21,22). The molecule has 0 spiro atoms. The van der Waals surface area contributed by atoms with Crippen LogP contribution in [-0.4, -0.2) is 44.3 Å². The molecule has 3 rings (SSSR count). The molecule has 0 aliphatic carbocycles. The van der Waals surface area contributed by atoms with Crippen LogP contribution < -0.4 is 0 Å². The summed E-state index contributed by atoms with van der Waals surface area (Å²) in [5.74, 6) is -1.08. The van der Waals surface area contributed by atoms with Crippen LogP contribution in [0.25, 0.3) is 5.69 Å². The van der Waals surface area contributed by atoms with Crippen LogP contribution >= 0.6 is 0 Å². The van der Waals surface area contributed by atoms with Gasteiger partial charge in [0.1, 0.15) is 6.04 Å². The van der Waals surface area contributed by atoms with Crippen LogP contribution in [0.3, 0.4) is 0 Å². The van der Waals surface area contributed by atoms with Crippen molar-refractivity contribution in [1.82, 2.24) is 14.7 Å². The van der Waals surface area contributed by atoms with Crippen LogP contribution in [0.4, 0.5) is 0 Å². The third-order valence-corrected chi connectivity index (χ3v) is 3.87. The smallest absolute Gasteiger partial charge is 0.326 e. The number of carbonyl (C=O) groups is 2.